The molecule has 104 valence electrons. The zero-order valence-electron chi connectivity index (χ0n) is 12.0. The molecule has 1 aromatic carbocycles. The van der Waals surface area contributed by atoms with E-state index in [1.165, 1.54) is 0 Å². The van der Waals surface area contributed by atoms with Crippen LogP contribution >= 0.6 is 0 Å². The highest BCUT2D eigenvalue weighted by Crippen LogP contribution is 2.14. The van der Waals surface area contributed by atoms with Crippen molar-refractivity contribution < 1.29 is 4.79 Å². The number of hydrogen-bond acceptors (Lipinski definition) is 2. The molecule has 0 heterocycles. The Morgan fingerprint density at radius 3 is 2.79 bits per heavy atom. The van der Waals surface area contributed by atoms with Crippen molar-refractivity contribution in [1.82, 2.24) is 5.32 Å². The van der Waals surface area contributed by atoms with Gasteiger partial charge < -0.3 is 5.32 Å². The molecule has 1 N–H and O–H groups in total. The highest BCUT2D eigenvalue weighted by molar-refractivity contribution is 5.97. The summed E-state index contributed by atoms with van der Waals surface area (Å²) in [6, 6.07) is 7.97. The molecule has 0 aliphatic heterocycles. The lowest BCUT2D eigenvalue weighted by Gasteiger charge is -2.08. The number of carbonyl (C=O) groups excluding carboxylic acids is 1. The van der Waals surface area contributed by atoms with Gasteiger partial charge in [-0.1, -0.05) is 36.8 Å². The summed E-state index contributed by atoms with van der Waals surface area (Å²) < 4.78 is 0. The van der Waals surface area contributed by atoms with Gasteiger partial charge in [-0.15, -0.1) is 6.58 Å². The van der Waals surface area contributed by atoms with Gasteiger partial charge in [0.05, 0.1) is 0 Å². The number of likely N-dealkylation sites (N-methyl/N-ethyl adjacent to an activating group) is 1. The van der Waals surface area contributed by atoms with Gasteiger partial charge in [0.2, 0.25) is 0 Å². The maximum Gasteiger partial charge on any atom is 0.163 e. The number of Topliss-reactive ketones (excluding diaryl/α,β-unsaturated/α-hetero) is 1. The van der Waals surface area contributed by atoms with E-state index in [1.54, 1.807) is 0 Å². The minimum Gasteiger partial charge on any atom is -0.319 e. The molecule has 2 nitrogen and oxygen atoms in total. The number of unbranched alkanes of at least 4 members (excludes halogenated alkanes) is 3. The van der Waals surface area contributed by atoms with Crippen LogP contribution in [0.4, 0.5) is 0 Å². The van der Waals surface area contributed by atoms with E-state index in [9.17, 15) is 4.79 Å². The standard InChI is InChI=1S/C17H25NO/c1-3-4-5-6-7-12-17(19)16-11-9-8-10-15(16)13-14-18-2/h3,8-11,18H,1,4-7,12-14H2,2H3. The first-order chi connectivity index (χ1) is 9.29. The van der Waals surface area contributed by atoms with Crippen LogP contribution in [0, 0.1) is 0 Å². The molecule has 19 heavy (non-hydrogen) atoms. The Morgan fingerprint density at radius 1 is 1.26 bits per heavy atom. The zero-order valence-corrected chi connectivity index (χ0v) is 12.0. The van der Waals surface area contributed by atoms with E-state index >= 15 is 0 Å². The Kier molecular flexibility index (Phi) is 7.83. The van der Waals surface area contributed by atoms with Crippen LogP contribution < -0.4 is 5.32 Å². The molecule has 0 saturated carbocycles. The number of ketones is 1. The number of allylic oxidation sites excluding steroid dienone is 1. The number of nitrogens with one attached hydrogen (secondary N) is 1. The molecule has 0 aliphatic rings. The lowest BCUT2D eigenvalue weighted by molar-refractivity contribution is 0.0978. The number of rotatable bonds is 10. The Morgan fingerprint density at radius 2 is 2.05 bits per heavy atom. The summed E-state index contributed by atoms with van der Waals surface area (Å²) in [5.41, 5.74) is 2.06. The highest BCUT2D eigenvalue weighted by Gasteiger charge is 2.09. The van der Waals surface area contributed by atoms with Gasteiger partial charge in [0, 0.05) is 12.0 Å². The van der Waals surface area contributed by atoms with Crippen LogP contribution in [-0.2, 0) is 6.42 Å². The topological polar surface area (TPSA) is 29.1 Å². The lowest BCUT2D eigenvalue weighted by atomic mass is 9.97. The number of hydrogen-bond donors (Lipinski definition) is 1. The smallest absolute Gasteiger partial charge is 0.163 e. The molecule has 0 aromatic heterocycles. The van der Waals surface area contributed by atoms with E-state index in [2.05, 4.69) is 18.0 Å². The van der Waals surface area contributed by atoms with Gasteiger partial charge in [-0.25, -0.2) is 0 Å². The van der Waals surface area contributed by atoms with Crippen LogP contribution in [0.1, 0.15) is 48.0 Å². The van der Waals surface area contributed by atoms with Gasteiger partial charge in [-0.3, -0.25) is 4.79 Å². The molecule has 0 aliphatic carbocycles. The Hall–Kier alpha value is -1.41. The molecule has 0 bridgehead atoms. The summed E-state index contributed by atoms with van der Waals surface area (Å²) >= 11 is 0. The van der Waals surface area contributed by atoms with Crippen molar-refractivity contribution in [2.24, 2.45) is 0 Å². The average molecular weight is 259 g/mol. The van der Waals surface area contributed by atoms with Crippen LogP contribution in [0.15, 0.2) is 36.9 Å². The summed E-state index contributed by atoms with van der Waals surface area (Å²) in [4.78, 5) is 12.2. The van der Waals surface area contributed by atoms with Crippen molar-refractivity contribution in [2.45, 2.75) is 38.5 Å². The Bertz CT molecular complexity index is 398. The fraction of sp³-hybridized carbons (Fsp3) is 0.471. The van der Waals surface area contributed by atoms with Crippen LogP contribution in [0.3, 0.4) is 0 Å². The van der Waals surface area contributed by atoms with Gasteiger partial charge in [0.1, 0.15) is 0 Å². The van der Waals surface area contributed by atoms with E-state index in [-0.39, 0.29) is 5.78 Å². The van der Waals surface area contributed by atoms with Gasteiger partial charge >= 0.3 is 0 Å². The van der Waals surface area contributed by atoms with E-state index in [1.807, 2.05) is 31.3 Å². The summed E-state index contributed by atoms with van der Waals surface area (Å²) in [7, 11) is 1.93. The van der Waals surface area contributed by atoms with Gasteiger partial charge in [-0.2, -0.15) is 0 Å². The molecule has 0 saturated heterocycles. The number of benzene rings is 1. The van der Waals surface area contributed by atoms with E-state index in [0.29, 0.717) is 6.42 Å². The molecule has 0 atom stereocenters. The van der Waals surface area contributed by atoms with E-state index in [0.717, 1.165) is 49.8 Å². The molecule has 0 fully saturated rings. The molecule has 0 unspecified atom stereocenters. The second kappa shape index (κ2) is 9.51. The minimum atomic E-state index is 0.283. The van der Waals surface area contributed by atoms with Gasteiger partial charge in [0.25, 0.3) is 0 Å². The van der Waals surface area contributed by atoms with Gasteiger partial charge in [0.15, 0.2) is 5.78 Å². The van der Waals surface area contributed by atoms with Crippen LogP contribution in [0.25, 0.3) is 0 Å². The van der Waals surface area contributed by atoms with Crippen molar-refractivity contribution in [3.05, 3.63) is 48.0 Å². The summed E-state index contributed by atoms with van der Waals surface area (Å²) in [6.45, 7) is 4.61. The zero-order chi connectivity index (χ0) is 13.9. The lowest BCUT2D eigenvalue weighted by Crippen LogP contribution is -2.13. The normalized spacial score (nSPS) is 10.4. The van der Waals surface area contributed by atoms with Crippen LogP contribution in [0.2, 0.25) is 0 Å². The SMILES string of the molecule is C=CCCCCCC(=O)c1ccccc1CCNC. The van der Waals surface area contributed by atoms with Crippen molar-refractivity contribution in [1.29, 1.82) is 0 Å². The summed E-state index contributed by atoms with van der Waals surface area (Å²) in [5, 5.41) is 3.13. The van der Waals surface area contributed by atoms with E-state index < -0.39 is 0 Å². The third-order valence-electron chi connectivity index (χ3n) is 3.27. The molecule has 0 spiro atoms. The average Bonchev–Trinajstić information content (AvgIpc) is 2.45. The molecular weight excluding hydrogens is 234 g/mol. The van der Waals surface area contributed by atoms with Crippen molar-refractivity contribution >= 4 is 5.78 Å². The van der Waals surface area contributed by atoms with E-state index in [4.69, 9.17) is 0 Å². The first kappa shape index (κ1) is 15.6. The molecule has 2 heteroatoms. The quantitative estimate of drug-likeness (QED) is 0.394. The third kappa shape index (κ3) is 5.84. The minimum absolute atomic E-state index is 0.283. The molecule has 0 amide bonds. The summed E-state index contributed by atoms with van der Waals surface area (Å²) in [5.74, 6) is 0.283. The summed E-state index contributed by atoms with van der Waals surface area (Å²) in [6.07, 6.45) is 7.78. The fourth-order valence-corrected chi connectivity index (χ4v) is 2.16. The maximum atomic E-state index is 12.2. The largest absolute Gasteiger partial charge is 0.319 e. The molecule has 0 radical (unpaired) electrons. The van der Waals surface area contributed by atoms with Gasteiger partial charge in [-0.05, 0) is 44.8 Å². The first-order valence-electron chi connectivity index (χ1n) is 7.16. The predicted molar refractivity (Wildman–Crippen MR) is 81.7 cm³/mol. The Balaban J connectivity index is 2.48. The fourth-order valence-electron chi connectivity index (χ4n) is 2.16. The van der Waals surface area contributed by atoms with Crippen molar-refractivity contribution in [3.63, 3.8) is 0 Å². The van der Waals surface area contributed by atoms with Crippen LogP contribution in [0.5, 0.6) is 0 Å². The Labute approximate surface area is 116 Å². The highest BCUT2D eigenvalue weighted by atomic mass is 16.1. The monoisotopic (exact) mass is 259 g/mol. The molecule has 1 rings (SSSR count). The first-order valence-corrected chi connectivity index (χ1v) is 7.16. The molecule has 1 aromatic rings. The maximum absolute atomic E-state index is 12.2. The second-order valence-corrected chi connectivity index (χ2v) is 4.82. The van der Waals surface area contributed by atoms with Crippen molar-refractivity contribution in [3.8, 4) is 0 Å². The molecular formula is C17H25NO. The third-order valence-corrected chi connectivity index (χ3v) is 3.27. The number of carbonyl (C=O) groups is 1. The van der Waals surface area contributed by atoms with Crippen LogP contribution in [-0.4, -0.2) is 19.4 Å². The predicted octanol–water partition coefficient (Wildman–Crippen LogP) is 3.77. The van der Waals surface area contributed by atoms with Crippen molar-refractivity contribution in [2.75, 3.05) is 13.6 Å². The second-order valence-electron chi connectivity index (χ2n) is 4.82.